The molecular weight excluding hydrogens is 224 g/mol. The molecule has 2 atom stereocenters. The van der Waals surface area contributed by atoms with Crippen molar-refractivity contribution in [3.05, 3.63) is 24.3 Å². The molecule has 0 spiro atoms. The third-order valence-electron chi connectivity index (χ3n) is 3.59. The van der Waals surface area contributed by atoms with Crippen molar-refractivity contribution < 1.29 is 5.11 Å². The number of aliphatic hydroxyl groups excluding tert-OH is 1. The molecule has 1 saturated carbocycles. The topological polar surface area (TPSA) is 20.2 Å². The minimum Gasteiger partial charge on any atom is -0.392 e. The smallest absolute Gasteiger partial charge is 0.0639 e. The van der Waals surface area contributed by atoms with Crippen molar-refractivity contribution >= 4 is 8.07 Å². The Morgan fingerprint density at radius 1 is 1.24 bits per heavy atom. The van der Waals surface area contributed by atoms with Crippen LogP contribution in [0.3, 0.4) is 0 Å². The summed E-state index contributed by atoms with van der Waals surface area (Å²) < 4.78 is 0. The number of hydrogen-bond donors (Lipinski definition) is 1. The fourth-order valence-corrected chi connectivity index (χ4v) is 4.43. The third kappa shape index (κ3) is 5.22. The summed E-state index contributed by atoms with van der Waals surface area (Å²) in [5, 5.41) is 9.51. The molecule has 0 unspecified atom stereocenters. The molecule has 1 aliphatic carbocycles. The van der Waals surface area contributed by atoms with Crippen LogP contribution in [-0.4, -0.2) is 19.8 Å². The van der Waals surface area contributed by atoms with E-state index in [9.17, 15) is 5.11 Å². The van der Waals surface area contributed by atoms with E-state index < -0.39 is 8.07 Å². The standard InChI is InChI=1S/C15H28OSi/c1-5-14-8-6-7-9-15(14)10-13(11-16)12-17(2,3)4/h5,10,14-16H,1,6-9,11-12H2,2-4H3/b13-10+/t14-,15+/m0/s1. The Kier molecular flexibility index (Phi) is 5.67. The molecule has 0 aromatic rings. The van der Waals surface area contributed by atoms with Crippen LogP contribution in [0.1, 0.15) is 25.7 Å². The van der Waals surface area contributed by atoms with Crippen LogP contribution in [-0.2, 0) is 0 Å². The van der Waals surface area contributed by atoms with Crippen molar-refractivity contribution in [2.75, 3.05) is 6.61 Å². The first-order valence-electron chi connectivity index (χ1n) is 6.89. The molecule has 1 nitrogen and oxygen atoms in total. The first kappa shape index (κ1) is 14.7. The van der Waals surface area contributed by atoms with Crippen molar-refractivity contribution in [3.63, 3.8) is 0 Å². The molecule has 0 aromatic carbocycles. The Hall–Kier alpha value is -0.343. The summed E-state index contributed by atoms with van der Waals surface area (Å²) in [6.07, 6.45) is 9.69. The maximum atomic E-state index is 9.51. The minimum atomic E-state index is -1.11. The summed E-state index contributed by atoms with van der Waals surface area (Å²) in [6.45, 7) is 11.3. The number of rotatable bonds is 5. The number of hydrogen-bond acceptors (Lipinski definition) is 1. The first-order valence-corrected chi connectivity index (χ1v) is 10.6. The van der Waals surface area contributed by atoms with Gasteiger partial charge in [-0.3, -0.25) is 0 Å². The van der Waals surface area contributed by atoms with E-state index in [1.165, 1.54) is 31.3 Å². The molecule has 0 saturated heterocycles. The molecule has 1 fully saturated rings. The second-order valence-corrected chi connectivity index (χ2v) is 12.0. The van der Waals surface area contributed by atoms with Gasteiger partial charge in [-0.15, -0.1) is 6.58 Å². The van der Waals surface area contributed by atoms with Crippen molar-refractivity contribution in [1.29, 1.82) is 0 Å². The molecule has 0 aliphatic heterocycles. The summed E-state index contributed by atoms with van der Waals surface area (Å²) in [5.41, 5.74) is 1.27. The third-order valence-corrected chi connectivity index (χ3v) is 5.10. The molecule has 1 rings (SSSR count). The normalized spacial score (nSPS) is 26.9. The van der Waals surface area contributed by atoms with Gasteiger partial charge in [-0.1, -0.05) is 50.2 Å². The SMILES string of the molecule is C=C[C@H]1CCCC[C@@H]1/C=C(\CO)C[Si](C)(C)C. The van der Waals surface area contributed by atoms with E-state index in [1.54, 1.807) is 0 Å². The summed E-state index contributed by atoms with van der Waals surface area (Å²) in [4.78, 5) is 0. The minimum absolute atomic E-state index is 0.241. The lowest BCUT2D eigenvalue weighted by molar-refractivity contribution is 0.316. The Morgan fingerprint density at radius 3 is 2.29 bits per heavy atom. The maximum absolute atomic E-state index is 9.51. The predicted octanol–water partition coefficient (Wildman–Crippen LogP) is 4.24. The van der Waals surface area contributed by atoms with Gasteiger partial charge in [0.2, 0.25) is 0 Å². The predicted molar refractivity (Wildman–Crippen MR) is 79.0 cm³/mol. The van der Waals surface area contributed by atoms with E-state index in [0.717, 1.165) is 6.04 Å². The Labute approximate surface area is 108 Å². The van der Waals surface area contributed by atoms with Gasteiger partial charge in [0.15, 0.2) is 0 Å². The van der Waals surface area contributed by atoms with Crippen molar-refractivity contribution in [2.24, 2.45) is 11.8 Å². The van der Waals surface area contributed by atoms with Crippen molar-refractivity contribution in [3.8, 4) is 0 Å². The lowest BCUT2D eigenvalue weighted by Gasteiger charge is -2.28. The van der Waals surface area contributed by atoms with Gasteiger partial charge in [0, 0.05) is 8.07 Å². The van der Waals surface area contributed by atoms with E-state index in [1.807, 2.05) is 0 Å². The van der Waals surface area contributed by atoms with Crippen LogP contribution in [0, 0.1) is 11.8 Å². The summed E-state index contributed by atoms with van der Waals surface area (Å²) >= 11 is 0. The number of aliphatic hydroxyl groups is 1. The largest absolute Gasteiger partial charge is 0.392 e. The fraction of sp³-hybridized carbons (Fsp3) is 0.733. The molecule has 0 bridgehead atoms. The molecule has 17 heavy (non-hydrogen) atoms. The van der Waals surface area contributed by atoms with Gasteiger partial charge in [-0.05, 0) is 30.7 Å². The van der Waals surface area contributed by atoms with E-state index in [0.29, 0.717) is 11.8 Å². The lowest BCUT2D eigenvalue weighted by Crippen LogP contribution is -2.22. The van der Waals surface area contributed by atoms with Crippen LogP contribution in [0.5, 0.6) is 0 Å². The molecule has 2 heteroatoms. The van der Waals surface area contributed by atoms with E-state index in [2.05, 4.69) is 38.4 Å². The zero-order chi connectivity index (χ0) is 12.9. The van der Waals surface area contributed by atoms with Crippen molar-refractivity contribution in [1.82, 2.24) is 0 Å². The zero-order valence-electron chi connectivity index (χ0n) is 11.7. The van der Waals surface area contributed by atoms with Gasteiger partial charge in [0.25, 0.3) is 0 Å². The van der Waals surface area contributed by atoms with Gasteiger partial charge in [-0.2, -0.15) is 0 Å². The quantitative estimate of drug-likeness (QED) is 0.573. The van der Waals surface area contributed by atoms with Gasteiger partial charge in [0.05, 0.1) is 6.61 Å². The monoisotopic (exact) mass is 252 g/mol. The van der Waals surface area contributed by atoms with Gasteiger partial charge in [0.1, 0.15) is 0 Å². The summed E-state index contributed by atoms with van der Waals surface area (Å²) in [7, 11) is -1.11. The van der Waals surface area contributed by atoms with Crippen LogP contribution in [0.4, 0.5) is 0 Å². The molecule has 1 N–H and O–H groups in total. The second-order valence-electron chi connectivity index (χ2n) is 6.57. The zero-order valence-corrected chi connectivity index (χ0v) is 12.7. The summed E-state index contributed by atoms with van der Waals surface area (Å²) in [6, 6.07) is 1.13. The highest BCUT2D eigenvalue weighted by Crippen LogP contribution is 2.33. The van der Waals surface area contributed by atoms with Crippen LogP contribution < -0.4 is 0 Å². The van der Waals surface area contributed by atoms with Crippen LogP contribution >= 0.6 is 0 Å². The number of allylic oxidation sites excluding steroid dienone is 2. The van der Waals surface area contributed by atoms with Crippen LogP contribution in [0.15, 0.2) is 24.3 Å². The highest BCUT2D eigenvalue weighted by atomic mass is 28.3. The highest BCUT2D eigenvalue weighted by Gasteiger charge is 2.22. The summed E-state index contributed by atoms with van der Waals surface area (Å²) in [5.74, 6) is 1.26. The fourth-order valence-electron chi connectivity index (χ4n) is 2.84. The maximum Gasteiger partial charge on any atom is 0.0639 e. The second kappa shape index (κ2) is 6.55. The van der Waals surface area contributed by atoms with E-state index in [4.69, 9.17) is 0 Å². The van der Waals surface area contributed by atoms with Gasteiger partial charge < -0.3 is 5.11 Å². The first-order chi connectivity index (χ1) is 7.96. The lowest BCUT2D eigenvalue weighted by atomic mass is 9.78. The average molecular weight is 252 g/mol. The van der Waals surface area contributed by atoms with Gasteiger partial charge in [-0.25, -0.2) is 0 Å². The van der Waals surface area contributed by atoms with E-state index in [-0.39, 0.29) is 6.61 Å². The van der Waals surface area contributed by atoms with E-state index >= 15 is 0 Å². The molecule has 0 radical (unpaired) electrons. The van der Waals surface area contributed by atoms with Crippen LogP contribution in [0.2, 0.25) is 25.7 Å². The van der Waals surface area contributed by atoms with Gasteiger partial charge >= 0.3 is 0 Å². The van der Waals surface area contributed by atoms with Crippen LogP contribution in [0.25, 0.3) is 0 Å². The molecule has 1 aliphatic rings. The molecule has 0 heterocycles. The molecule has 0 amide bonds. The van der Waals surface area contributed by atoms with Crippen molar-refractivity contribution in [2.45, 2.75) is 51.4 Å². The Bertz CT molecular complexity index is 275. The Balaban J connectivity index is 2.71. The molecular formula is C15H28OSi. The molecule has 98 valence electrons. The Morgan fingerprint density at radius 2 is 1.82 bits per heavy atom. The highest BCUT2D eigenvalue weighted by molar-refractivity contribution is 6.76. The molecule has 0 aromatic heterocycles. The average Bonchev–Trinajstić information content (AvgIpc) is 2.27.